The van der Waals surface area contributed by atoms with E-state index >= 15 is 0 Å². The van der Waals surface area contributed by atoms with Crippen LogP contribution in [0.1, 0.15) is 11.7 Å². The average Bonchev–Trinajstić information content (AvgIpc) is 2.54. The van der Waals surface area contributed by atoms with E-state index in [0.29, 0.717) is 5.56 Å². The molecule has 23 heavy (non-hydrogen) atoms. The van der Waals surface area contributed by atoms with E-state index in [9.17, 15) is 22.0 Å². The van der Waals surface area contributed by atoms with Crippen molar-refractivity contribution < 1.29 is 26.7 Å². The predicted octanol–water partition coefficient (Wildman–Crippen LogP) is 3.36. The Balaban J connectivity index is 1.93. The number of hydrogen-bond acceptors (Lipinski definition) is 3. The van der Waals surface area contributed by atoms with Gasteiger partial charge >= 0.3 is 0 Å². The van der Waals surface area contributed by atoms with Crippen molar-refractivity contribution in [3.05, 3.63) is 59.2 Å². The third-order valence-corrected chi connectivity index (χ3v) is 3.58. The molecule has 0 aliphatic carbocycles. The molecule has 3 rings (SSSR count). The molecule has 1 fully saturated rings. The molecule has 2 aromatic rings. The first-order valence-corrected chi connectivity index (χ1v) is 6.79. The summed E-state index contributed by atoms with van der Waals surface area (Å²) >= 11 is 0. The van der Waals surface area contributed by atoms with Gasteiger partial charge in [-0.15, -0.1) is 0 Å². The van der Waals surface area contributed by atoms with Crippen molar-refractivity contribution in [3.63, 3.8) is 0 Å². The molecular formula is C15H11F5N2O. The summed E-state index contributed by atoms with van der Waals surface area (Å²) < 4.78 is 72.9. The van der Waals surface area contributed by atoms with Gasteiger partial charge in [0.15, 0.2) is 0 Å². The van der Waals surface area contributed by atoms with E-state index in [2.05, 4.69) is 4.98 Å². The van der Waals surface area contributed by atoms with Crippen LogP contribution in [0.4, 0.5) is 27.6 Å². The molecule has 0 saturated carbocycles. The first-order chi connectivity index (χ1) is 11.0. The minimum atomic E-state index is -1.72. The molecule has 0 bridgehead atoms. The number of nitrogens with zero attached hydrogens (tertiary/aromatic N) is 2. The minimum absolute atomic E-state index is 0.0303. The molecule has 1 aliphatic heterocycles. The molecular weight excluding hydrogens is 319 g/mol. The van der Waals surface area contributed by atoms with Crippen molar-refractivity contribution in [3.8, 4) is 0 Å². The van der Waals surface area contributed by atoms with E-state index < -0.39 is 41.1 Å². The third kappa shape index (κ3) is 2.98. The summed E-state index contributed by atoms with van der Waals surface area (Å²) in [7, 11) is 0. The van der Waals surface area contributed by atoms with Gasteiger partial charge in [0.25, 0.3) is 11.9 Å². The van der Waals surface area contributed by atoms with Crippen molar-refractivity contribution in [1.82, 2.24) is 4.98 Å². The Morgan fingerprint density at radius 3 is 2.39 bits per heavy atom. The Morgan fingerprint density at radius 1 is 1.04 bits per heavy atom. The van der Waals surface area contributed by atoms with Crippen LogP contribution < -0.4 is 4.90 Å². The van der Waals surface area contributed by atoms with E-state index in [-0.39, 0.29) is 19.7 Å². The second kappa shape index (κ2) is 6.11. The lowest BCUT2D eigenvalue weighted by atomic mass is 10.1. The minimum Gasteiger partial charge on any atom is -0.370 e. The molecule has 1 aromatic carbocycles. The maximum atomic E-state index is 13.8. The molecule has 3 nitrogen and oxygen atoms in total. The highest BCUT2D eigenvalue weighted by Crippen LogP contribution is 2.31. The van der Waals surface area contributed by atoms with Crippen LogP contribution in [0, 0.1) is 29.3 Å². The molecule has 1 aromatic heterocycles. The summed E-state index contributed by atoms with van der Waals surface area (Å²) in [6.07, 6.45) is -0.683. The summed E-state index contributed by atoms with van der Waals surface area (Å²) in [5.74, 6) is -7.05. The molecule has 122 valence electrons. The Kier molecular flexibility index (Phi) is 4.16. The van der Waals surface area contributed by atoms with Crippen molar-refractivity contribution in [2.45, 2.75) is 6.10 Å². The Bertz CT molecular complexity index is 714. The Hall–Kier alpha value is -2.22. The predicted molar refractivity (Wildman–Crippen MR) is 71.4 cm³/mol. The quantitative estimate of drug-likeness (QED) is 0.624. The van der Waals surface area contributed by atoms with Gasteiger partial charge in [-0.1, -0.05) is 12.1 Å². The standard InChI is InChI=1S/C15H11F5N2O/c16-9-3-1-2-8(6-9)10-7-22(4-5-23-10)13-11(17)14(19)21-15(20)12(13)18/h1-3,6,10H,4-5,7H2. The normalized spacial score (nSPS) is 18.3. The number of halogens is 5. The number of ether oxygens (including phenoxy) is 1. The van der Waals surface area contributed by atoms with Gasteiger partial charge in [0.05, 0.1) is 6.61 Å². The number of benzene rings is 1. The van der Waals surface area contributed by atoms with Crippen molar-refractivity contribution in [1.29, 1.82) is 0 Å². The molecule has 0 spiro atoms. The Morgan fingerprint density at radius 2 is 1.74 bits per heavy atom. The molecule has 1 unspecified atom stereocenters. The summed E-state index contributed by atoms with van der Waals surface area (Å²) in [5.41, 5.74) is -0.370. The van der Waals surface area contributed by atoms with Crippen molar-refractivity contribution >= 4 is 5.69 Å². The molecule has 1 aliphatic rings. The number of rotatable bonds is 2. The van der Waals surface area contributed by atoms with Gasteiger partial charge in [-0.2, -0.15) is 22.5 Å². The molecule has 0 N–H and O–H groups in total. The highest BCUT2D eigenvalue weighted by Gasteiger charge is 2.30. The van der Waals surface area contributed by atoms with E-state index in [0.717, 1.165) is 4.90 Å². The maximum Gasteiger partial charge on any atom is 0.253 e. The number of pyridine rings is 1. The lowest BCUT2D eigenvalue weighted by Gasteiger charge is -2.35. The van der Waals surface area contributed by atoms with Crippen LogP contribution >= 0.6 is 0 Å². The lowest BCUT2D eigenvalue weighted by Crippen LogP contribution is -2.39. The molecule has 8 heteroatoms. The first-order valence-electron chi connectivity index (χ1n) is 6.79. The second-order valence-corrected chi connectivity index (χ2v) is 5.03. The molecule has 1 saturated heterocycles. The number of aromatic nitrogens is 1. The molecule has 0 radical (unpaired) electrons. The smallest absolute Gasteiger partial charge is 0.253 e. The Labute approximate surface area is 128 Å². The number of hydrogen-bond donors (Lipinski definition) is 0. The fourth-order valence-corrected chi connectivity index (χ4v) is 2.51. The van der Waals surface area contributed by atoms with Gasteiger partial charge in [-0.3, -0.25) is 0 Å². The summed E-state index contributed by atoms with van der Waals surface area (Å²) in [6, 6.07) is 5.54. The number of anilines is 1. The van der Waals surface area contributed by atoms with Gasteiger partial charge in [0.2, 0.25) is 11.6 Å². The maximum absolute atomic E-state index is 13.8. The van der Waals surface area contributed by atoms with Crippen molar-refractivity contribution in [2.75, 3.05) is 24.6 Å². The van der Waals surface area contributed by atoms with Crippen LogP contribution in [0.15, 0.2) is 24.3 Å². The highest BCUT2D eigenvalue weighted by atomic mass is 19.2. The largest absolute Gasteiger partial charge is 0.370 e. The summed E-state index contributed by atoms with van der Waals surface area (Å²) in [6.45, 7) is 0.00829. The SMILES string of the molecule is Fc1cccc(C2CN(c3c(F)c(F)nc(F)c3F)CCO2)c1. The van der Waals surface area contributed by atoms with Crippen LogP contribution in [-0.4, -0.2) is 24.7 Å². The third-order valence-electron chi connectivity index (χ3n) is 3.58. The van der Waals surface area contributed by atoms with Crippen LogP contribution in [-0.2, 0) is 4.74 Å². The first kappa shape index (κ1) is 15.7. The van der Waals surface area contributed by atoms with Gasteiger partial charge in [-0.25, -0.2) is 4.39 Å². The summed E-state index contributed by atoms with van der Waals surface area (Å²) in [5, 5.41) is 0. The number of morpholine rings is 1. The van der Waals surface area contributed by atoms with E-state index in [1.807, 2.05) is 0 Å². The zero-order valence-corrected chi connectivity index (χ0v) is 11.7. The van der Waals surface area contributed by atoms with Crippen LogP contribution in [0.3, 0.4) is 0 Å². The highest BCUT2D eigenvalue weighted by molar-refractivity contribution is 5.49. The molecule has 0 amide bonds. The summed E-state index contributed by atoms with van der Waals surface area (Å²) in [4.78, 5) is 3.65. The van der Waals surface area contributed by atoms with Crippen LogP contribution in [0.2, 0.25) is 0 Å². The second-order valence-electron chi connectivity index (χ2n) is 5.03. The van der Waals surface area contributed by atoms with Gasteiger partial charge in [0.1, 0.15) is 17.6 Å². The van der Waals surface area contributed by atoms with Crippen LogP contribution in [0.25, 0.3) is 0 Å². The zero-order chi connectivity index (χ0) is 16.6. The van der Waals surface area contributed by atoms with E-state index in [1.165, 1.54) is 18.2 Å². The van der Waals surface area contributed by atoms with Gasteiger partial charge in [-0.05, 0) is 17.7 Å². The van der Waals surface area contributed by atoms with Crippen LogP contribution in [0.5, 0.6) is 0 Å². The average molecular weight is 330 g/mol. The monoisotopic (exact) mass is 330 g/mol. The van der Waals surface area contributed by atoms with E-state index in [1.54, 1.807) is 6.07 Å². The lowest BCUT2D eigenvalue weighted by molar-refractivity contribution is 0.0390. The van der Waals surface area contributed by atoms with Gasteiger partial charge < -0.3 is 9.64 Å². The van der Waals surface area contributed by atoms with Gasteiger partial charge in [0, 0.05) is 13.1 Å². The molecule has 2 heterocycles. The zero-order valence-electron chi connectivity index (χ0n) is 11.7. The van der Waals surface area contributed by atoms with Crippen molar-refractivity contribution in [2.24, 2.45) is 0 Å². The van der Waals surface area contributed by atoms with E-state index in [4.69, 9.17) is 4.74 Å². The fraction of sp³-hybridized carbons (Fsp3) is 0.267. The fourth-order valence-electron chi connectivity index (χ4n) is 2.51. The topological polar surface area (TPSA) is 25.4 Å². The molecule has 1 atom stereocenters.